The molecule has 3 heterocycles. The molecule has 0 saturated carbocycles. The van der Waals surface area contributed by atoms with Crippen LogP contribution in [0.15, 0.2) is 27.6 Å². The van der Waals surface area contributed by atoms with Gasteiger partial charge in [0, 0.05) is 19.6 Å². The van der Waals surface area contributed by atoms with E-state index in [-0.39, 0.29) is 23.1 Å². The predicted molar refractivity (Wildman–Crippen MR) is 111 cm³/mol. The van der Waals surface area contributed by atoms with Crippen LogP contribution in [0.5, 0.6) is 5.75 Å². The summed E-state index contributed by atoms with van der Waals surface area (Å²) in [5.74, 6) is 0.510. The Labute approximate surface area is 176 Å². The number of benzene rings is 1. The van der Waals surface area contributed by atoms with Gasteiger partial charge in [-0.15, -0.1) is 0 Å². The van der Waals surface area contributed by atoms with Crippen molar-refractivity contribution in [3.63, 3.8) is 0 Å². The zero-order valence-corrected chi connectivity index (χ0v) is 18.4. The number of aromatic nitrogens is 1. The Kier molecular flexibility index (Phi) is 5.59. The van der Waals surface area contributed by atoms with Gasteiger partial charge in [0.15, 0.2) is 5.76 Å². The highest BCUT2D eigenvalue weighted by Crippen LogP contribution is 2.38. The molecule has 0 radical (unpaired) electrons. The number of para-hydroxylation sites is 1. The van der Waals surface area contributed by atoms with Gasteiger partial charge >= 0.3 is 0 Å². The van der Waals surface area contributed by atoms with E-state index in [1.54, 1.807) is 25.9 Å². The molecule has 1 aromatic carbocycles. The van der Waals surface area contributed by atoms with Gasteiger partial charge in [0.05, 0.1) is 18.7 Å². The molecule has 9 heteroatoms. The molecule has 2 aliphatic rings. The van der Waals surface area contributed by atoms with Gasteiger partial charge < -0.3 is 14.2 Å². The molecule has 1 atom stereocenters. The second-order valence-electron chi connectivity index (χ2n) is 7.92. The predicted octanol–water partition coefficient (Wildman–Crippen LogP) is 2.68. The maximum atomic E-state index is 13.5. The minimum absolute atomic E-state index is 0.0425. The first-order valence-corrected chi connectivity index (χ1v) is 11.7. The Bertz CT molecular complexity index is 1030. The molecular formula is C21H27N3O5S. The highest BCUT2D eigenvalue weighted by Gasteiger charge is 2.39. The molecule has 0 spiro atoms. The number of aryl methyl sites for hydroxylation is 3. The minimum atomic E-state index is -3.77. The molecule has 0 bridgehead atoms. The van der Waals surface area contributed by atoms with Crippen molar-refractivity contribution in [3.8, 4) is 5.75 Å². The van der Waals surface area contributed by atoms with Crippen molar-refractivity contribution < 1.29 is 22.5 Å². The number of carbonyl (C=O) groups excluding carboxylic acids is 1. The van der Waals surface area contributed by atoms with Crippen LogP contribution in [0.4, 0.5) is 5.69 Å². The summed E-state index contributed by atoms with van der Waals surface area (Å²) in [6.07, 6.45) is 3.06. The van der Waals surface area contributed by atoms with Crippen LogP contribution in [0.3, 0.4) is 0 Å². The van der Waals surface area contributed by atoms with E-state index in [1.165, 1.54) is 4.31 Å². The first-order valence-electron chi connectivity index (χ1n) is 10.2. The number of carbonyl (C=O) groups is 1. The highest BCUT2D eigenvalue weighted by atomic mass is 32.2. The van der Waals surface area contributed by atoms with Crippen molar-refractivity contribution in [1.29, 1.82) is 0 Å². The maximum absolute atomic E-state index is 13.5. The number of hydrogen-bond acceptors (Lipinski definition) is 6. The largest absolute Gasteiger partial charge is 0.495 e. The minimum Gasteiger partial charge on any atom is -0.495 e. The average Bonchev–Trinajstić information content (AvgIpc) is 3.11. The summed E-state index contributed by atoms with van der Waals surface area (Å²) < 4.78 is 38.4. The van der Waals surface area contributed by atoms with Gasteiger partial charge in [-0.05, 0) is 51.2 Å². The number of ether oxygens (including phenoxy) is 1. The van der Waals surface area contributed by atoms with Crippen LogP contribution >= 0.6 is 0 Å². The van der Waals surface area contributed by atoms with Crippen molar-refractivity contribution in [2.45, 2.75) is 44.4 Å². The monoisotopic (exact) mass is 433 g/mol. The number of rotatable bonds is 4. The van der Waals surface area contributed by atoms with Crippen molar-refractivity contribution in [3.05, 3.63) is 35.2 Å². The number of fused-ring (bicyclic) bond motifs is 1. The van der Waals surface area contributed by atoms with Crippen molar-refractivity contribution in [2.75, 3.05) is 31.6 Å². The molecular weight excluding hydrogens is 406 g/mol. The molecule has 1 fully saturated rings. The van der Waals surface area contributed by atoms with E-state index in [9.17, 15) is 13.2 Å². The van der Waals surface area contributed by atoms with E-state index in [4.69, 9.17) is 9.26 Å². The van der Waals surface area contributed by atoms with Crippen LogP contribution in [-0.2, 0) is 21.2 Å². The Morgan fingerprint density at radius 1 is 1.23 bits per heavy atom. The number of nitrogens with zero attached hydrogens (tertiary/aromatic N) is 3. The molecule has 1 aromatic heterocycles. The number of piperidine rings is 1. The molecule has 0 N–H and O–H groups in total. The fourth-order valence-electron chi connectivity index (χ4n) is 4.56. The van der Waals surface area contributed by atoms with Crippen LogP contribution in [0, 0.1) is 19.8 Å². The van der Waals surface area contributed by atoms with Gasteiger partial charge in [0.2, 0.25) is 15.9 Å². The standard InChI is InChI=1S/C21H27N3O5S/c1-14-20(15(2)29-22-14)30(26,27)23-11-5-9-17(13-23)21(25)24-12-6-8-16-7-4-10-18(28-3)19(16)24/h4,7,10,17H,5-6,8-9,11-13H2,1-3H3. The van der Waals surface area contributed by atoms with Gasteiger partial charge in [-0.2, -0.15) is 4.31 Å². The lowest BCUT2D eigenvalue weighted by Crippen LogP contribution is -2.48. The molecule has 2 aromatic rings. The molecule has 1 unspecified atom stereocenters. The van der Waals surface area contributed by atoms with Crippen molar-refractivity contribution in [2.24, 2.45) is 5.92 Å². The fourth-order valence-corrected chi connectivity index (χ4v) is 6.37. The first-order chi connectivity index (χ1) is 14.3. The number of sulfonamides is 1. The van der Waals surface area contributed by atoms with Gasteiger partial charge in [-0.3, -0.25) is 4.79 Å². The molecule has 1 amide bonds. The zero-order chi connectivity index (χ0) is 21.5. The normalized spacial score (nSPS) is 20.1. The Balaban J connectivity index is 1.60. The third-order valence-electron chi connectivity index (χ3n) is 5.97. The second kappa shape index (κ2) is 8.03. The summed E-state index contributed by atoms with van der Waals surface area (Å²) in [5, 5.41) is 3.78. The van der Waals surface area contributed by atoms with Crippen LogP contribution < -0.4 is 9.64 Å². The van der Waals surface area contributed by atoms with Gasteiger partial charge in [-0.25, -0.2) is 8.42 Å². The van der Waals surface area contributed by atoms with Crippen LogP contribution in [0.25, 0.3) is 0 Å². The van der Waals surface area contributed by atoms with Crippen LogP contribution in [0.2, 0.25) is 0 Å². The van der Waals surface area contributed by atoms with Gasteiger partial charge in [0.1, 0.15) is 16.3 Å². The van der Waals surface area contributed by atoms with E-state index in [0.29, 0.717) is 37.4 Å². The van der Waals surface area contributed by atoms with Crippen LogP contribution in [0.1, 0.15) is 36.3 Å². The van der Waals surface area contributed by atoms with Gasteiger partial charge in [-0.1, -0.05) is 17.3 Å². The lowest BCUT2D eigenvalue weighted by molar-refractivity contribution is -0.123. The maximum Gasteiger partial charge on any atom is 0.248 e. The smallest absolute Gasteiger partial charge is 0.248 e. The van der Waals surface area contributed by atoms with E-state index in [1.807, 2.05) is 18.2 Å². The lowest BCUT2D eigenvalue weighted by atomic mass is 9.94. The molecule has 4 rings (SSSR count). The topological polar surface area (TPSA) is 93.0 Å². The fraction of sp³-hybridized carbons (Fsp3) is 0.524. The molecule has 1 saturated heterocycles. The summed E-state index contributed by atoms with van der Waals surface area (Å²) in [5.41, 5.74) is 2.25. The van der Waals surface area contributed by atoms with Gasteiger partial charge in [0.25, 0.3) is 0 Å². The Hall–Kier alpha value is -2.39. The summed E-state index contributed by atoms with van der Waals surface area (Å²) in [4.78, 5) is 15.4. The summed E-state index contributed by atoms with van der Waals surface area (Å²) >= 11 is 0. The highest BCUT2D eigenvalue weighted by molar-refractivity contribution is 7.89. The molecule has 162 valence electrons. The number of anilines is 1. The Morgan fingerprint density at radius 2 is 2.03 bits per heavy atom. The van der Waals surface area contributed by atoms with Crippen molar-refractivity contribution in [1.82, 2.24) is 9.46 Å². The molecule has 2 aliphatic heterocycles. The van der Waals surface area contributed by atoms with E-state index < -0.39 is 15.9 Å². The molecule has 8 nitrogen and oxygen atoms in total. The Morgan fingerprint density at radius 3 is 2.73 bits per heavy atom. The summed E-state index contributed by atoms with van der Waals surface area (Å²) in [7, 11) is -2.17. The summed E-state index contributed by atoms with van der Waals surface area (Å²) in [6, 6.07) is 5.82. The van der Waals surface area contributed by atoms with E-state index in [0.717, 1.165) is 24.1 Å². The lowest BCUT2D eigenvalue weighted by Gasteiger charge is -2.37. The van der Waals surface area contributed by atoms with E-state index in [2.05, 4.69) is 5.16 Å². The average molecular weight is 434 g/mol. The molecule has 30 heavy (non-hydrogen) atoms. The van der Waals surface area contributed by atoms with Crippen LogP contribution in [-0.4, -0.2) is 50.5 Å². The number of amides is 1. The molecule has 0 aliphatic carbocycles. The quantitative estimate of drug-likeness (QED) is 0.736. The first kappa shape index (κ1) is 20.9. The SMILES string of the molecule is COc1cccc2c1N(C(=O)C1CCCN(S(=O)(=O)c3c(C)noc3C)C1)CCC2. The summed E-state index contributed by atoms with van der Waals surface area (Å²) in [6.45, 7) is 4.37. The zero-order valence-electron chi connectivity index (χ0n) is 17.6. The van der Waals surface area contributed by atoms with Crippen molar-refractivity contribution >= 4 is 21.6 Å². The second-order valence-corrected chi connectivity index (χ2v) is 9.79. The third kappa shape index (κ3) is 3.50. The third-order valence-corrected chi connectivity index (χ3v) is 8.08. The van der Waals surface area contributed by atoms with E-state index >= 15 is 0 Å². The number of hydrogen-bond donors (Lipinski definition) is 0. The number of methoxy groups -OCH3 is 1.